The number of nitro benzene ring substituents is 1. The average molecular weight is 927 g/mol. The molecule has 0 spiro atoms. The van der Waals surface area contributed by atoms with E-state index >= 15 is 0 Å². The fourth-order valence-electron chi connectivity index (χ4n) is 13.0. The number of non-ortho nitro benzene ring substituents is 1. The molecular weight excluding hydrogens is 915 g/mol. The predicted octanol–water partition coefficient (Wildman–Crippen LogP) is -20.5. The van der Waals surface area contributed by atoms with Crippen molar-refractivity contribution in [2.24, 2.45) is 4.99 Å². The van der Waals surface area contributed by atoms with Gasteiger partial charge in [0.2, 0.25) is 0 Å². The molecular formula is C14H12B62N2O3. The minimum absolute atomic E-state index is 0.0825. The minimum Gasteiger partial charge on any atom is -0.493 e. The molecule has 2 aliphatic heterocycles. The first kappa shape index (κ1) is 78.7. The van der Waals surface area contributed by atoms with Crippen LogP contribution in [0.2, 0.25) is 0 Å². The van der Waals surface area contributed by atoms with Gasteiger partial charge in [-0.25, -0.2) is 0 Å². The molecule has 64 radical (unpaired) electrons. The zero-order chi connectivity index (χ0) is 62.6. The van der Waals surface area contributed by atoms with Gasteiger partial charge in [0.05, 0.1) is 17.2 Å². The Morgan fingerprint density at radius 2 is 0.642 bits per heavy atom. The summed E-state index contributed by atoms with van der Waals surface area (Å²) in [5.41, 5.74) is 2.83. The SMILES string of the molecule is O=[N+]([O-])c1ccc2c(c1)/C(=C/C1=CCC=N1)CCO2.[B]B([B])B(B([B])[B])B(B(B([B])[B])B([B])[B])B(B(B(B([B])[B])B([B])[B])B(B([B])[B])B([B])[B])B(B(B(B([B])[B])B([B])[B])B(B([B])[B])B([B])[B])B(B(B([B])[B])B([B])[B])B(B([B])[B])B([B])[B]. The Hall–Kier alpha value is 1.60. The second-order valence-corrected chi connectivity index (χ2v) is 21.7. The molecule has 1 aromatic rings. The lowest BCUT2D eigenvalue weighted by molar-refractivity contribution is -0.384. The van der Waals surface area contributed by atoms with Crippen molar-refractivity contribution in [3.05, 3.63) is 51.7 Å². The number of nitrogens with zero attached hydrogens (tertiary/aromatic N) is 2. The molecule has 0 saturated heterocycles. The van der Waals surface area contributed by atoms with Gasteiger partial charge in [0, 0.05) is 476 Å². The summed E-state index contributed by atoms with van der Waals surface area (Å²) in [6.45, 7) is 0.591. The van der Waals surface area contributed by atoms with Crippen molar-refractivity contribution in [2.45, 2.75) is 12.8 Å². The Bertz CT molecular complexity index is 1790. The number of nitro groups is 1. The quantitative estimate of drug-likeness (QED) is 0.0423. The van der Waals surface area contributed by atoms with Gasteiger partial charge in [0.1, 0.15) is 5.75 Å². The van der Waals surface area contributed by atoms with Crippen molar-refractivity contribution >= 4 is 457 Å². The van der Waals surface area contributed by atoms with E-state index in [2.05, 4.69) is 4.99 Å². The molecule has 0 saturated carbocycles. The van der Waals surface area contributed by atoms with Crippen molar-refractivity contribution in [1.82, 2.24) is 0 Å². The van der Waals surface area contributed by atoms with E-state index in [0.29, 0.717) is 12.4 Å². The van der Waals surface area contributed by atoms with Crippen LogP contribution in [0.1, 0.15) is 18.4 Å². The van der Waals surface area contributed by atoms with Gasteiger partial charge in [0.15, 0.2) is 0 Å². The van der Waals surface area contributed by atoms with Crippen LogP contribution in [0.5, 0.6) is 5.75 Å². The Kier molecular flexibility index (Phi) is 35.4. The molecule has 0 amide bonds. The molecule has 0 N–H and O–H groups in total. The fraction of sp³-hybridized carbons (Fsp3) is 0.214. The van der Waals surface area contributed by atoms with Crippen molar-refractivity contribution in [3.8, 4) is 5.75 Å². The van der Waals surface area contributed by atoms with Crippen LogP contribution < -0.4 is 4.74 Å². The second-order valence-electron chi connectivity index (χ2n) is 21.7. The number of rotatable bonds is 31. The van der Waals surface area contributed by atoms with Crippen molar-refractivity contribution in [2.75, 3.05) is 6.61 Å². The highest BCUT2D eigenvalue weighted by Crippen LogP contribution is 2.36. The second kappa shape index (κ2) is 36.4. The number of hydrogen-bond donors (Lipinski definition) is 0. The van der Waals surface area contributed by atoms with Crippen LogP contribution in [0.25, 0.3) is 5.57 Å². The topological polar surface area (TPSA) is 64.7 Å². The normalized spacial score (nSPS) is 11.9. The maximum Gasteiger partial charge on any atom is 0.270 e. The van der Waals surface area contributed by atoms with Crippen molar-refractivity contribution < 1.29 is 9.66 Å². The van der Waals surface area contributed by atoms with Crippen LogP contribution in [-0.4, -0.2) is 457 Å². The molecule has 282 valence electrons. The summed E-state index contributed by atoms with van der Waals surface area (Å²) in [7, 11) is 212. The van der Waals surface area contributed by atoms with Gasteiger partial charge in [-0.05, 0) is 17.7 Å². The Labute approximate surface area is 543 Å². The Morgan fingerprint density at radius 1 is 0.395 bits per heavy atom. The van der Waals surface area contributed by atoms with Gasteiger partial charge < -0.3 is 4.74 Å². The highest BCUT2D eigenvalue weighted by atomic mass is 16.6. The number of ether oxygens (including phenoxy) is 1. The van der Waals surface area contributed by atoms with Crippen molar-refractivity contribution in [1.29, 1.82) is 0 Å². The first-order valence-electron chi connectivity index (χ1n) is 26.4. The summed E-state index contributed by atoms with van der Waals surface area (Å²) in [6, 6.07) is 4.70. The predicted molar refractivity (Wildman–Crippen MR) is 429 cm³/mol. The summed E-state index contributed by atoms with van der Waals surface area (Å²) in [5, 5.41) is 10.8. The maximum absolute atomic E-state index is 10.8. The molecule has 67 heteroatoms. The zero-order valence-electron chi connectivity index (χ0n) is 46.0. The number of allylic oxidation sites excluding steroid dienone is 2. The van der Waals surface area contributed by atoms with Crippen LogP contribution in [-0.2, 0) is 0 Å². The third kappa shape index (κ3) is 21.4. The minimum atomic E-state index is -1.56. The summed E-state index contributed by atoms with van der Waals surface area (Å²) in [4.78, 5) is 14.7. The van der Waals surface area contributed by atoms with Gasteiger partial charge in [-0.3, -0.25) is 15.1 Å². The van der Waals surface area contributed by atoms with Crippen LogP contribution in [0.3, 0.4) is 0 Å². The Balaban J connectivity index is 0.000000970. The highest BCUT2D eigenvalue weighted by molar-refractivity contribution is 8.38. The summed E-state index contributed by atoms with van der Waals surface area (Å²) in [5.74, 6) is 0.700. The molecule has 3 rings (SSSR count). The molecule has 81 heavy (non-hydrogen) atoms. The lowest BCUT2D eigenvalue weighted by Gasteiger charge is -2.59. The molecule has 0 aromatic heterocycles. The van der Waals surface area contributed by atoms with Crippen molar-refractivity contribution in [3.63, 3.8) is 0 Å². The van der Waals surface area contributed by atoms with E-state index in [1.54, 1.807) is 12.1 Å². The van der Waals surface area contributed by atoms with E-state index < -0.39 is 192 Å². The van der Waals surface area contributed by atoms with Crippen LogP contribution in [0.4, 0.5) is 5.69 Å². The molecule has 0 aliphatic carbocycles. The number of fused-ring (bicyclic) bond motifs is 1. The van der Waals surface area contributed by atoms with E-state index in [9.17, 15) is 10.1 Å². The number of benzene rings is 1. The van der Waals surface area contributed by atoms with Crippen LogP contribution in [0.15, 0.2) is 41.0 Å². The van der Waals surface area contributed by atoms with E-state index in [1.165, 1.54) is 6.07 Å². The molecule has 0 bridgehead atoms. The third-order valence-electron chi connectivity index (χ3n) is 16.0. The highest BCUT2D eigenvalue weighted by Gasteiger charge is 2.63. The smallest absolute Gasteiger partial charge is 0.270 e. The third-order valence-corrected chi connectivity index (χ3v) is 16.0. The molecule has 1 aromatic carbocycles. The van der Waals surface area contributed by atoms with E-state index in [0.717, 1.165) is 29.7 Å². The fourth-order valence-corrected chi connectivity index (χ4v) is 13.0. The van der Waals surface area contributed by atoms with Crippen LogP contribution in [0, 0.1) is 10.1 Å². The lowest BCUT2D eigenvalue weighted by Crippen LogP contribution is -2.97. The summed E-state index contributed by atoms with van der Waals surface area (Å²) in [6.07, 6.45) is -36.4. The summed E-state index contributed by atoms with van der Waals surface area (Å²) >= 11 is 0. The molecule has 5 nitrogen and oxygen atoms in total. The van der Waals surface area contributed by atoms with Gasteiger partial charge in [-0.15, -0.1) is 0 Å². The largest absolute Gasteiger partial charge is 0.493 e. The van der Waals surface area contributed by atoms with E-state index in [-0.39, 0.29) is 10.6 Å². The first-order chi connectivity index (χ1) is 37.4. The number of hydrogen-bond acceptors (Lipinski definition) is 4. The summed E-state index contributed by atoms with van der Waals surface area (Å²) < 4.78 is 5.53. The molecule has 2 aliphatic rings. The van der Waals surface area contributed by atoms with Gasteiger partial charge in [0.25, 0.3) is 5.69 Å². The molecule has 0 fully saturated rings. The number of aliphatic imine (C=N–C) groups is 1. The van der Waals surface area contributed by atoms with E-state index in [4.69, 9.17) is 252 Å². The van der Waals surface area contributed by atoms with Gasteiger partial charge in [-0.2, -0.15) is 0 Å². The molecule has 0 atom stereocenters. The molecule has 0 unspecified atom stereocenters. The maximum atomic E-state index is 10.8. The monoisotopic (exact) mass is 939 g/mol. The zero-order valence-corrected chi connectivity index (χ0v) is 46.0. The lowest BCUT2D eigenvalue weighted by atomic mass is 8.22. The van der Waals surface area contributed by atoms with Gasteiger partial charge in [-0.1, -0.05) is 6.08 Å². The van der Waals surface area contributed by atoms with Crippen LogP contribution >= 0.6 is 0 Å². The van der Waals surface area contributed by atoms with Gasteiger partial charge >= 0.3 is 0 Å². The molecule has 2 heterocycles. The standard InChI is InChI=1S/C14H12N2O3.B62/c17-16(18)12-3-4-14-13(9-12)10(5-7-19-14)8-11-2-1-6-15-11;1-33(2)49(34(3)4)57(50(35(5)6)36(7)8)61(58(51(37(9)10)38(11)12)52(39(13)14)40(15)16)62(59(53(41(17)18)42(19)20)54(43(21)22)44(23)24)60(55(45(25)26)46(27)28)56(47(29)30)48(31)32/h2-4,6,8-9H,1,5,7H2;/b10-8+;. The Morgan fingerprint density at radius 3 is 0.852 bits per heavy atom. The van der Waals surface area contributed by atoms with E-state index in [1.807, 2.05) is 18.4 Å². The first-order valence-corrected chi connectivity index (χ1v) is 26.4. The average Bonchev–Trinajstić information content (AvgIpc) is 3.81.